The van der Waals surface area contributed by atoms with Gasteiger partial charge < -0.3 is 10.0 Å². The third-order valence-electron chi connectivity index (χ3n) is 4.84. The maximum Gasteiger partial charge on any atom is 0.335 e. The second kappa shape index (κ2) is 7.45. The molecule has 0 saturated carbocycles. The molecule has 2 heterocycles. The largest absolute Gasteiger partial charge is 0.478 e. The van der Waals surface area contributed by atoms with Gasteiger partial charge in [0.25, 0.3) is 0 Å². The minimum Gasteiger partial charge on any atom is -0.478 e. The van der Waals surface area contributed by atoms with E-state index in [-0.39, 0.29) is 0 Å². The summed E-state index contributed by atoms with van der Waals surface area (Å²) < 4.78 is 0. The summed E-state index contributed by atoms with van der Waals surface area (Å²) in [7, 11) is 0. The predicted molar refractivity (Wildman–Crippen MR) is 97.1 cm³/mol. The van der Waals surface area contributed by atoms with Gasteiger partial charge in [-0.3, -0.25) is 0 Å². The van der Waals surface area contributed by atoms with Gasteiger partial charge in [-0.1, -0.05) is 18.2 Å². The predicted octanol–water partition coefficient (Wildman–Crippen LogP) is 3.88. The van der Waals surface area contributed by atoms with Crippen molar-refractivity contribution in [2.75, 3.05) is 19.6 Å². The molecule has 1 aliphatic rings. The number of benzene rings is 1. The number of aromatic nitrogens is 1. The van der Waals surface area contributed by atoms with Gasteiger partial charge in [0.15, 0.2) is 0 Å². The number of piperidine rings is 1. The summed E-state index contributed by atoms with van der Waals surface area (Å²) in [6, 6.07) is 7.33. The molecule has 0 unspecified atom stereocenters. The van der Waals surface area contributed by atoms with E-state index in [4.69, 9.17) is 4.98 Å². The monoisotopic (exact) mass is 344 g/mol. The fraction of sp³-hybridized carbons (Fsp3) is 0.474. The van der Waals surface area contributed by atoms with Gasteiger partial charge in [0.1, 0.15) is 0 Å². The molecule has 128 valence electrons. The number of hydrogen-bond donors (Lipinski definition) is 1. The van der Waals surface area contributed by atoms with Crippen LogP contribution in [-0.4, -0.2) is 40.6 Å². The number of aryl methyl sites for hydroxylation is 2. The summed E-state index contributed by atoms with van der Waals surface area (Å²) in [5, 5.41) is 10.6. The van der Waals surface area contributed by atoms with Crippen LogP contribution in [-0.2, 0) is 6.42 Å². The molecular weight excluding hydrogens is 320 g/mol. The van der Waals surface area contributed by atoms with Crippen LogP contribution in [0, 0.1) is 13.8 Å². The number of carboxylic acids is 1. The Kier molecular flexibility index (Phi) is 5.31. The number of rotatable bonds is 5. The molecule has 1 aliphatic heterocycles. The summed E-state index contributed by atoms with van der Waals surface area (Å²) >= 11 is 1.83. The number of nitrogens with zero attached hydrogens (tertiary/aromatic N) is 2. The van der Waals surface area contributed by atoms with E-state index >= 15 is 0 Å². The molecule has 0 bridgehead atoms. The summed E-state index contributed by atoms with van der Waals surface area (Å²) in [5.74, 6) is -0.318. The number of likely N-dealkylation sites (tertiary alicyclic amines) is 1. The van der Waals surface area contributed by atoms with Crippen LogP contribution in [0.25, 0.3) is 0 Å². The Hall–Kier alpha value is -1.72. The molecule has 24 heavy (non-hydrogen) atoms. The molecule has 0 spiro atoms. The van der Waals surface area contributed by atoms with Crippen LogP contribution in [0.3, 0.4) is 0 Å². The van der Waals surface area contributed by atoms with Crippen LogP contribution in [0.2, 0.25) is 0 Å². The molecular formula is C19H24N2O2S. The lowest BCUT2D eigenvalue weighted by Crippen LogP contribution is -2.36. The summed E-state index contributed by atoms with van der Waals surface area (Å²) in [6.45, 7) is 7.25. The second-order valence-corrected chi connectivity index (χ2v) is 7.78. The molecule has 3 rings (SSSR count). The van der Waals surface area contributed by atoms with Crippen molar-refractivity contribution in [3.63, 3.8) is 0 Å². The number of carbonyl (C=O) groups is 1. The zero-order chi connectivity index (χ0) is 17.1. The lowest BCUT2D eigenvalue weighted by Gasteiger charge is -2.31. The van der Waals surface area contributed by atoms with E-state index in [1.165, 1.54) is 22.7 Å². The Morgan fingerprint density at radius 3 is 2.88 bits per heavy atom. The average molecular weight is 344 g/mol. The van der Waals surface area contributed by atoms with E-state index in [0.29, 0.717) is 11.5 Å². The molecule has 4 nitrogen and oxygen atoms in total. The highest BCUT2D eigenvalue weighted by atomic mass is 32.1. The SMILES string of the molecule is Cc1nc([C@H]2CCCN(CCc3ccccc3C(=O)O)C2)sc1C. The van der Waals surface area contributed by atoms with Gasteiger partial charge in [-0.2, -0.15) is 0 Å². The van der Waals surface area contributed by atoms with E-state index in [1.807, 2.05) is 23.5 Å². The van der Waals surface area contributed by atoms with Crippen molar-refractivity contribution in [2.45, 2.75) is 39.0 Å². The zero-order valence-corrected chi connectivity index (χ0v) is 15.1. The van der Waals surface area contributed by atoms with Crippen LogP contribution >= 0.6 is 11.3 Å². The minimum absolute atomic E-state index is 0.428. The molecule has 1 aromatic heterocycles. The Bertz CT molecular complexity index is 706. The Labute approximate surface area is 147 Å². The molecule has 0 radical (unpaired) electrons. The van der Waals surface area contributed by atoms with E-state index < -0.39 is 5.97 Å². The van der Waals surface area contributed by atoms with Crippen LogP contribution < -0.4 is 0 Å². The Morgan fingerprint density at radius 1 is 1.38 bits per heavy atom. The fourth-order valence-corrected chi connectivity index (χ4v) is 4.41. The first-order valence-corrected chi connectivity index (χ1v) is 9.33. The number of hydrogen-bond acceptors (Lipinski definition) is 4. The molecule has 0 aliphatic carbocycles. The first kappa shape index (κ1) is 17.1. The molecule has 1 fully saturated rings. The molecule has 2 aromatic rings. The van der Waals surface area contributed by atoms with Crippen LogP contribution in [0.4, 0.5) is 0 Å². The van der Waals surface area contributed by atoms with Crippen molar-refractivity contribution in [1.29, 1.82) is 0 Å². The van der Waals surface area contributed by atoms with Crippen molar-refractivity contribution in [3.8, 4) is 0 Å². The van der Waals surface area contributed by atoms with Crippen molar-refractivity contribution < 1.29 is 9.90 Å². The quantitative estimate of drug-likeness (QED) is 0.894. The van der Waals surface area contributed by atoms with Gasteiger partial charge in [-0.05, 0) is 51.3 Å². The normalized spacial score (nSPS) is 18.7. The first-order valence-electron chi connectivity index (χ1n) is 8.52. The van der Waals surface area contributed by atoms with E-state index in [9.17, 15) is 9.90 Å². The Balaban J connectivity index is 1.63. The third kappa shape index (κ3) is 3.84. The minimum atomic E-state index is -0.837. The number of aromatic carboxylic acids is 1. The highest BCUT2D eigenvalue weighted by Gasteiger charge is 2.24. The first-order chi connectivity index (χ1) is 11.5. The smallest absolute Gasteiger partial charge is 0.335 e. The zero-order valence-electron chi connectivity index (χ0n) is 14.3. The van der Waals surface area contributed by atoms with Crippen LogP contribution in [0.1, 0.15) is 50.3 Å². The van der Waals surface area contributed by atoms with Crippen LogP contribution in [0.15, 0.2) is 24.3 Å². The van der Waals surface area contributed by atoms with Gasteiger partial charge in [-0.15, -0.1) is 11.3 Å². The third-order valence-corrected chi connectivity index (χ3v) is 6.08. The standard InChI is InChI=1S/C19H24N2O2S/c1-13-14(2)24-18(20-13)16-7-5-10-21(12-16)11-9-15-6-3-4-8-17(15)19(22)23/h3-4,6,8,16H,5,7,9-12H2,1-2H3,(H,22,23)/t16-/m0/s1. The van der Waals surface area contributed by atoms with Crippen molar-refractivity contribution >= 4 is 17.3 Å². The van der Waals surface area contributed by atoms with E-state index in [1.54, 1.807) is 12.1 Å². The van der Waals surface area contributed by atoms with E-state index in [0.717, 1.165) is 37.3 Å². The lowest BCUT2D eigenvalue weighted by atomic mass is 9.97. The highest BCUT2D eigenvalue weighted by molar-refractivity contribution is 7.11. The van der Waals surface area contributed by atoms with Crippen molar-refractivity contribution in [2.24, 2.45) is 0 Å². The molecule has 1 saturated heterocycles. The lowest BCUT2D eigenvalue weighted by molar-refractivity contribution is 0.0695. The Morgan fingerprint density at radius 2 is 2.17 bits per heavy atom. The maximum atomic E-state index is 11.3. The topological polar surface area (TPSA) is 53.4 Å². The van der Waals surface area contributed by atoms with Gasteiger partial charge in [0.05, 0.1) is 16.3 Å². The van der Waals surface area contributed by atoms with E-state index in [2.05, 4.69) is 18.7 Å². The van der Waals surface area contributed by atoms with Crippen molar-refractivity contribution in [3.05, 3.63) is 51.0 Å². The molecule has 1 atom stereocenters. The molecule has 0 amide bonds. The van der Waals surface area contributed by atoms with Gasteiger partial charge in [0, 0.05) is 23.9 Å². The average Bonchev–Trinajstić information content (AvgIpc) is 2.92. The molecule has 1 aromatic carbocycles. The summed E-state index contributed by atoms with van der Waals surface area (Å²) in [4.78, 5) is 19.8. The van der Waals surface area contributed by atoms with Crippen molar-refractivity contribution in [1.82, 2.24) is 9.88 Å². The van der Waals surface area contributed by atoms with Gasteiger partial charge in [-0.25, -0.2) is 9.78 Å². The molecule has 5 heteroatoms. The summed E-state index contributed by atoms with van der Waals surface area (Å²) in [5.41, 5.74) is 2.51. The maximum absolute atomic E-state index is 11.3. The molecule has 1 N–H and O–H groups in total. The number of carboxylic acid groups (broad SMARTS) is 1. The number of thiazole rings is 1. The van der Waals surface area contributed by atoms with Gasteiger partial charge in [0.2, 0.25) is 0 Å². The highest BCUT2D eigenvalue weighted by Crippen LogP contribution is 2.31. The van der Waals surface area contributed by atoms with Crippen LogP contribution in [0.5, 0.6) is 0 Å². The fourth-order valence-electron chi connectivity index (χ4n) is 3.36. The summed E-state index contributed by atoms with van der Waals surface area (Å²) in [6.07, 6.45) is 3.17. The second-order valence-electron chi connectivity index (χ2n) is 6.55. The van der Waals surface area contributed by atoms with Gasteiger partial charge >= 0.3 is 5.97 Å².